The summed E-state index contributed by atoms with van der Waals surface area (Å²) in [7, 11) is -3.67. The molecule has 0 radical (unpaired) electrons. The Hall–Kier alpha value is -2.49. The number of sulfonamides is 1. The molecule has 3 heterocycles. The quantitative estimate of drug-likeness (QED) is 0.541. The number of benzene rings is 1. The van der Waals surface area contributed by atoms with Crippen molar-refractivity contribution in [2.24, 2.45) is 0 Å². The zero-order chi connectivity index (χ0) is 23.9. The van der Waals surface area contributed by atoms with E-state index in [2.05, 4.69) is 5.10 Å². The highest BCUT2D eigenvalue weighted by Crippen LogP contribution is 2.27. The van der Waals surface area contributed by atoms with Crippen LogP contribution in [0.1, 0.15) is 55.7 Å². The van der Waals surface area contributed by atoms with Crippen LogP contribution >= 0.6 is 11.6 Å². The minimum absolute atomic E-state index is 0.112. The van der Waals surface area contributed by atoms with Gasteiger partial charge < -0.3 is 4.90 Å². The summed E-state index contributed by atoms with van der Waals surface area (Å²) in [5.74, 6) is 0.0172. The normalized spacial score (nSPS) is 15.7. The van der Waals surface area contributed by atoms with E-state index in [0.29, 0.717) is 34.7 Å². The molecule has 1 amide bonds. The second kappa shape index (κ2) is 9.04. The summed E-state index contributed by atoms with van der Waals surface area (Å²) in [5, 5.41) is 5.54. The summed E-state index contributed by atoms with van der Waals surface area (Å²) < 4.78 is 29.2. The minimum Gasteiger partial charge on any atom is -0.336 e. The van der Waals surface area contributed by atoms with E-state index >= 15 is 0 Å². The third-order valence-corrected chi connectivity index (χ3v) is 7.99. The van der Waals surface area contributed by atoms with Gasteiger partial charge in [0.15, 0.2) is 5.65 Å². The van der Waals surface area contributed by atoms with Crippen molar-refractivity contribution in [3.05, 3.63) is 52.8 Å². The molecule has 0 saturated carbocycles. The molecular formula is C23H28ClN5O3S. The molecule has 0 N–H and O–H groups in total. The molecule has 1 aromatic carbocycles. The van der Waals surface area contributed by atoms with Crippen molar-refractivity contribution in [2.45, 2.75) is 44.6 Å². The smallest absolute Gasteiger partial charge is 0.254 e. The molecule has 3 aromatic rings. The lowest BCUT2D eigenvalue weighted by Crippen LogP contribution is -2.50. The molecule has 1 aliphatic rings. The first-order valence-electron chi connectivity index (χ1n) is 11.0. The van der Waals surface area contributed by atoms with Gasteiger partial charge in [-0.3, -0.25) is 4.79 Å². The molecule has 0 spiro atoms. The number of amides is 1. The molecule has 1 saturated heterocycles. The van der Waals surface area contributed by atoms with Gasteiger partial charge in [0.2, 0.25) is 10.0 Å². The molecule has 1 fully saturated rings. The topological polar surface area (TPSA) is 88.4 Å². The largest absolute Gasteiger partial charge is 0.336 e. The van der Waals surface area contributed by atoms with Gasteiger partial charge in [-0.05, 0) is 44.0 Å². The maximum Gasteiger partial charge on any atom is 0.254 e. The molecule has 0 aliphatic carbocycles. The number of aromatic nitrogens is 3. The van der Waals surface area contributed by atoms with Gasteiger partial charge in [0, 0.05) is 42.9 Å². The lowest BCUT2D eigenvalue weighted by atomic mass is 10.0. The predicted octanol–water partition coefficient (Wildman–Crippen LogP) is 3.94. The maximum atomic E-state index is 13.5. The average molecular weight is 490 g/mol. The van der Waals surface area contributed by atoms with Crippen LogP contribution in [0.4, 0.5) is 0 Å². The zero-order valence-corrected chi connectivity index (χ0v) is 20.8. The van der Waals surface area contributed by atoms with Crippen molar-refractivity contribution in [1.29, 1.82) is 0 Å². The molecule has 0 unspecified atom stereocenters. The molecule has 2 aromatic heterocycles. The van der Waals surface area contributed by atoms with Gasteiger partial charge in [0.25, 0.3) is 5.91 Å². The van der Waals surface area contributed by atoms with E-state index < -0.39 is 10.0 Å². The van der Waals surface area contributed by atoms with E-state index in [1.54, 1.807) is 23.2 Å². The molecule has 176 valence electrons. The molecular weight excluding hydrogens is 462 g/mol. The van der Waals surface area contributed by atoms with Crippen LogP contribution < -0.4 is 0 Å². The lowest BCUT2D eigenvalue weighted by Gasteiger charge is -2.34. The van der Waals surface area contributed by atoms with Crippen LogP contribution in [-0.2, 0) is 10.0 Å². The number of carbonyl (C=O) groups excluding carboxylic acids is 1. The van der Waals surface area contributed by atoms with Crippen LogP contribution in [-0.4, -0.2) is 64.5 Å². The Morgan fingerprint density at radius 3 is 2.36 bits per heavy atom. The van der Waals surface area contributed by atoms with Gasteiger partial charge in [0.05, 0.1) is 22.0 Å². The van der Waals surface area contributed by atoms with Gasteiger partial charge in [-0.15, -0.1) is 0 Å². The first-order valence-corrected chi connectivity index (χ1v) is 12.8. The highest BCUT2D eigenvalue weighted by molar-refractivity contribution is 7.89. The van der Waals surface area contributed by atoms with Gasteiger partial charge in [0.1, 0.15) is 0 Å². The number of nitrogens with zero attached hydrogens (tertiary/aromatic N) is 5. The number of fused-ring (bicyclic) bond motifs is 1. The molecule has 4 rings (SSSR count). The van der Waals surface area contributed by atoms with Gasteiger partial charge >= 0.3 is 0 Å². The summed E-state index contributed by atoms with van der Waals surface area (Å²) in [5.41, 5.74) is 2.08. The molecule has 8 nitrogen and oxygen atoms in total. The first-order chi connectivity index (χ1) is 15.6. The Kier molecular flexibility index (Phi) is 6.48. The van der Waals surface area contributed by atoms with Crippen molar-refractivity contribution < 1.29 is 13.2 Å². The minimum atomic E-state index is -3.67. The number of hydrogen-bond acceptors (Lipinski definition) is 5. The van der Waals surface area contributed by atoms with Crippen molar-refractivity contribution in [3.8, 4) is 0 Å². The number of rotatable bonds is 5. The fourth-order valence-electron chi connectivity index (χ4n) is 3.97. The first kappa shape index (κ1) is 23.7. The third kappa shape index (κ3) is 4.49. The van der Waals surface area contributed by atoms with Crippen LogP contribution in [0.3, 0.4) is 0 Å². The Morgan fingerprint density at radius 1 is 1.06 bits per heavy atom. The fourth-order valence-corrected chi connectivity index (χ4v) is 5.69. The Morgan fingerprint density at radius 2 is 1.76 bits per heavy atom. The molecule has 33 heavy (non-hydrogen) atoms. The van der Waals surface area contributed by atoms with Crippen molar-refractivity contribution in [1.82, 2.24) is 24.0 Å². The summed E-state index contributed by atoms with van der Waals surface area (Å²) in [6, 6.07) is 8.19. The summed E-state index contributed by atoms with van der Waals surface area (Å²) in [6.45, 7) is 9.17. The van der Waals surface area contributed by atoms with Crippen LogP contribution in [0.25, 0.3) is 11.0 Å². The molecule has 0 atom stereocenters. The number of pyridine rings is 1. The lowest BCUT2D eigenvalue weighted by molar-refractivity contribution is 0.0699. The van der Waals surface area contributed by atoms with Crippen molar-refractivity contribution in [2.75, 3.05) is 26.2 Å². The van der Waals surface area contributed by atoms with E-state index in [1.165, 1.54) is 16.4 Å². The molecule has 0 bridgehead atoms. The zero-order valence-electron chi connectivity index (χ0n) is 19.2. The Balaban J connectivity index is 1.59. The fraction of sp³-hybridized carbons (Fsp3) is 0.435. The highest BCUT2D eigenvalue weighted by atomic mass is 35.5. The van der Waals surface area contributed by atoms with Crippen LogP contribution in [0, 0.1) is 0 Å². The van der Waals surface area contributed by atoms with E-state index in [0.717, 1.165) is 5.69 Å². The number of hydrogen-bond donors (Lipinski definition) is 0. The monoisotopic (exact) mass is 489 g/mol. The van der Waals surface area contributed by atoms with Crippen LogP contribution in [0.2, 0.25) is 5.02 Å². The number of piperazine rings is 1. The number of carbonyl (C=O) groups is 1. The maximum absolute atomic E-state index is 13.5. The molecule has 1 aliphatic heterocycles. The predicted molar refractivity (Wildman–Crippen MR) is 128 cm³/mol. The SMILES string of the molecule is CC(C)c1cc(C(=O)N2CCN(S(=O)(=O)c3cccc(Cl)c3)CC2)c2cnn(C(C)C)c2n1. The standard InChI is InChI=1S/C23H28ClN5O3S/c1-15(2)21-13-19(20-14-25-29(16(3)4)22(20)26-21)23(30)27-8-10-28(11-9-27)33(31,32)18-7-5-6-17(24)12-18/h5-7,12-16H,8-11H2,1-4H3. The van der Waals surface area contributed by atoms with Crippen LogP contribution in [0.15, 0.2) is 41.4 Å². The Bertz CT molecular complexity index is 1290. The summed E-state index contributed by atoms with van der Waals surface area (Å²) >= 11 is 5.98. The van der Waals surface area contributed by atoms with Gasteiger partial charge in [-0.2, -0.15) is 9.40 Å². The molecule has 10 heteroatoms. The second-order valence-electron chi connectivity index (χ2n) is 8.82. The van der Waals surface area contributed by atoms with Gasteiger partial charge in [-0.25, -0.2) is 18.1 Å². The van der Waals surface area contributed by atoms with E-state index in [4.69, 9.17) is 16.6 Å². The second-order valence-corrected chi connectivity index (χ2v) is 11.2. The summed E-state index contributed by atoms with van der Waals surface area (Å²) in [6.07, 6.45) is 1.69. The third-order valence-electron chi connectivity index (χ3n) is 5.86. The summed E-state index contributed by atoms with van der Waals surface area (Å²) in [4.78, 5) is 20.1. The van der Waals surface area contributed by atoms with Crippen LogP contribution in [0.5, 0.6) is 0 Å². The Labute approximate surface area is 199 Å². The highest BCUT2D eigenvalue weighted by Gasteiger charge is 2.31. The van der Waals surface area contributed by atoms with Crippen molar-refractivity contribution >= 4 is 38.6 Å². The average Bonchev–Trinajstić information content (AvgIpc) is 3.22. The van der Waals surface area contributed by atoms with E-state index in [-0.39, 0.29) is 35.9 Å². The van der Waals surface area contributed by atoms with Crippen molar-refractivity contribution in [3.63, 3.8) is 0 Å². The number of halogens is 1. The van der Waals surface area contributed by atoms with E-state index in [1.807, 2.05) is 38.4 Å². The van der Waals surface area contributed by atoms with Gasteiger partial charge in [-0.1, -0.05) is 31.5 Å². The van der Waals surface area contributed by atoms with E-state index in [9.17, 15) is 13.2 Å².